The van der Waals surface area contributed by atoms with E-state index in [9.17, 15) is 0 Å². The lowest BCUT2D eigenvalue weighted by Crippen LogP contribution is -2.17. The standard InChI is InChI=1S/C17H29N3O/c1-13(2)16-10-14(12-18-15-6-7-15)11-17(19-16)21-9-5-8-20(3)4/h10-11,13,15,18H,5-9,12H2,1-4H3. The summed E-state index contributed by atoms with van der Waals surface area (Å²) in [4.78, 5) is 6.80. The number of pyridine rings is 1. The van der Waals surface area contributed by atoms with Crippen molar-refractivity contribution in [2.45, 2.75) is 51.6 Å². The van der Waals surface area contributed by atoms with E-state index in [0.29, 0.717) is 5.92 Å². The molecule has 0 aliphatic heterocycles. The van der Waals surface area contributed by atoms with Crippen LogP contribution in [0.4, 0.5) is 0 Å². The molecule has 1 aliphatic rings. The highest BCUT2D eigenvalue weighted by atomic mass is 16.5. The van der Waals surface area contributed by atoms with Crippen molar-refractivity contribution in [3.05, 3.63) is 23.4 Å². The Morgan fingerprint density at radius 1 is 1.33 bits per heavy atom. The van der Waals surface area contributed by atoms with Gasteiger partial charge in [-0.2, -0.15) is 0 Å². The first kappa shape index (κ1) is 16.2. The first-order chi connectivity index (χ1) is 10.0. The number of aromatic nitrogens is 1. The van der Waals surface area contributed by atoms with Crippen molar-refractivity contribution in [3.63, 3.8) is 0 Å². The maximum absolute atomic E-state index is 5.84. The second-order valence-corrected chi connectivity index (χ2v) is 6.55. The van der Waals surface area contributed by atoms with Crippen molar-refractivity contribution in [3.8, 4) is 5.88 Å². The summed E-state index contributed by atoms with van der Waals surface area (Å²) in [5.41, 5.74) is 2.40. The molecule has 0 bridgehead atoms. The normalized spacial score (nSPS) is 15.0. The minimum Gasteiger partial charge on any atom is -0.478 e. The molecule has 1 heterocycles. The van der Waals surface area contributed by atoms with E-state index < -0.39 is 0 Å². The fourth-order valence-electron chi connectivity index (χ4n) is 2.16. The Balaban J connectivity index is 1.93. The summed E-state index contributed by atoms with van der Waals surface area (Å²) in [5, 5.41) is 3.56. The molecule has 0 unspecified atom stereocenters. The highest BCUT2D eigenvalue weighted by Gasteiger charge is 2.20. The van der Waals surface area contributed by atoms with Gasteiger partial charge in [-0.15, -0.1) is 0 Å². The van der Waals surface area contributed by atoms with Crippen LogP contribution in [0.3, 0.4) is 0 Å². The molecule has 0 amide bonds. The van der Waals surface area contributed by atoms with Gasteiger partial charge in [0.25, 0.3) is 0 Å². The molecule has 1 N–H and O–H groups in total. The molecule has 1 fully saturated rings. The molecule has 4 nitrogen and oxygen atoms in total. The molecule has 0 atom stereocenters. The van der Waals surface area contributed by atoms with Gasteiger partial charge in [-0.3, -0.25) is 0 Å². The van der Waals surface area contributed by atoms with Gasteiger partial charge in [0.05, 0.1) is 6.61 Å². The quantitative estimate of drug-likeness (QED) is 0.710. The first-order valence-electron chi connectivity index (χ1n) is 8.06. The van der Waals surface area contributed by atoms with E-state index in [1.54, 1.807) is 0 Å². The Labute approximate surface area is 128 Å². The Kier molecular flexibility index (Phi) is 6.00. The van der Waals surface area contributed by atoms with Gasteiger partial charge in [0.2, 0.25) is 5.88 Å². The molecule has 0 radical (unpaired) electrons. The SMILES string of the molecule is CC(C)c1cc(CNC2CC2)cc(OCCCN(C)C)n1. The predicted molar refractivity (Wildman–Crippen MR) is 86.9 cm³/mol. The Morgan fingerprint density at radius 3 is 2.71 bits per heavy atom. The van der Waals surface area contributed by atoms with Gasteiger partial charge >= 0.3 is 0 Å². The van der Waals surface area contributed by atoms with E-state index in [0.717, 1.165) is 43.7 Å². The van der Waals surface area contributed by atoms with E-state index in [1.807, 2.05) is 0 Å². The highest BCUT2D eigenvalue weighted by Crippen LogP contribution is 2.22. The second kappa shape index (κ2) is 7.76. The highest BCUT2D eigenvalue weighted by molar-refractivity contribution is 5.27. The fourth-order valence-corrected chi connectivity index (χ4v) is 2.16. The first-order valence-corrected chi connectivity index (χ1v) is 8.06. The van der Waals surface area contributed by atoms with Crippen LogP contribution < -0.4 is 10.1 Å². The van der Waals surface area contributed by atoms with Crippen molar-refractivity contribution in [1.29, 1.82) is 0 Å². The predicted octanol–water partition coefficient (Wildman–Crippen LogP) is 2.79. The van der Waals surface area contributed by atoms with Crippen LogP contribution in [0.25, 0.3) is 0 Å². The molecule has 0 aromatic carbocycles. The van der Waals surface area contributed by atoms with Gasteiger partial charge in [-0.1, -0.05) is 13.8 Å². The summed E-state index contributed by atoms with van der Waals surface area (Å²) < 4.78 is 5.84. The van der Waals surface area contributed by atoms with Gasteiger partial charge < -0.3 is 15.0 Å². The van der Waals surface area contributed by atoms with Crippen LogP contribution in [0, 0.1) is 0 Å². The summed E-state index contributed by atoms with van der Waals surface area (Å²) in [5.74, 6) is 1.20. The van der Waals surface area contributed by atoms with Gasteiger partial charge in [0, 0.05) is 30.9 Å². The molecule has 1 aromatic rings. The molecule has 4 heteroatoms. The average molecular weight is 291 g/mol. The number of hydrogen-bond donors (Lipinski definition) is 1. The minimum absolute atomic E-state index is 0.426. The number of hydrogen-bond acceptors (Lipinski definition) is 4. The summed E-state index contributed by atoms with van der Waals surface area (Å²) >= 11 is 0. The van der Waals surface area contributed by atoms with E-state index in [1.165, 1.54) is 18.4 Å². The molecule has 1 aromatic heterocycles. The third-order valence-corrected chi connectivity index (χ3v) is 3.64. The lowest BCUT2D eigenvalue weighted by Gasteiger charge is -2.13. The molecular weight excluding hydrogens is 262 g/mol. The van der Waals surface area contributed by atoms with E-state index in [4.69, 9.17) is 4.74 Å². The van der Waals surface area contributed by atoms with Gasteiger partial charge in [-0.05, 0) is 50.9 Å². The Hall–Kier alpha value is -1.13. The summed E-state index contributed by atoms with van der Waals surface area (Å²) in [7, 11) is 4.17. The van der Waals surface area contributed by atoms with Crippen LogP contribution in [0.15, 0.2) is 12.1 Å². The Bertz CT molecular complexity index is 442. The molecule has 1 aliphatic carbocycles. The van der Waals surface area contributed by atoms with Crippen LogP contribution >= 0.6 is 0 Å². The van der Waals surface area contributed by atoms with Crippen molar-refractivity contribution < 1.29 is 4.74 Å². The third kappa shape index (κ3) is 6.02. The van der Waals surface area contributed by atoms with E-state index >= 15 is 0 Å². The molecule has 0 saturated heterocycles. The van der Waals surface area contributed by atoms with Crippen molar-refractivity contribution in [2.75, 3.05) is 27.2 Å². The smallest absolute Gasteiger partial charge is 0.213 e. The van der Waals surface area contributed by atoms with E-state index in [-0.39, 0.29) is 0 Å². The van der Waals surface area contributed by atoms with Crippen molar-refractivity contribution in [2.24, 2.45) is 0 Å². The number of nitrogens with zero attached hydrogens (tertiary/aromatic N) is 2. The fraction of sp³-hybridized carbons (Fsp3) is 0.706. The van der Waals surface area contributed by atoms with Crippen LogP contribution in [0.2, 0.25) is 0 Å². The van der Waals surface area contributed by atoms with Crippen LogP contribution in [0.5, 0.6) is 5.88 Å². The Morgan fingerprint density at radius 2 is 2.10 bits per heavy atom. The zero-order chi connectivity index (χ0) is 15.2. The maximum Gasteiger partial charge on any atom is 0.213 e. The lowest BCUT2D eigenvalue weighted by molar-refractivity contribution is 0.272. The minimum atomic E-state index is 0.426. The molecular formula is C17H29N3O. The molecule has 1 saturated carbocycles. The van der Waals surface area contributed by atoms with Crippen molar-refractivity contribution >= 4 is 0 Å². The topological polar surface area (TPSA) is 37.4 Å². The van der Waals surface area contributed by atoms with Crippen molar-refractivity contribution in [1.82, 2.24) is 15.2 Å². The summed E-state index contributed by atoms with van der Waals surface area (Å²) in [6.45, 7) is 7.04. The molecule has 0 spiro atoms. The molecule has 118 valence electrons. The maximum atomic E-state index is 5.84. The largest absolute Gasteiger partial charge is 0.478 e. The molecule has 21 heavy (non-hydrogen) atoms. The van der Waals surface area contributed by atoms with Gasteiger partial charge in [0.1, 0.15) is 0 Å². The second-order valence-electron chi connectivity index (χ2n) is 6.55. The third-order valence-electron chi connectivity index (χ3n) is 3.64. The number of nitrogens with one attached hydrogen (secondary N) is 1. The monoisotopic (exact) mass is 291 g/mol. The average Bonchev–Trinajstić information content (AvgIpc) is 3.25. The van der Waals surface area contributed by atoms with Gasteiger partial charge in [0.15, 0.2) is 0 Å². The zero-order valence-corrected chi connectivity index (χ0v) is 13.9. The molecule has 2 rings (SSSR count). The summed E-state index contributed by atoms with van der Waals surface area (Å²) in [6.07, 6.45) is 3.66. The number of ether oxygens (including phenoxy) is 1. The van der Waals surface area contributed by atoms with Crippen LogP contribution in [-0.2, 0) is 6.54 Å². The zero-order valence-electron chi connectivity index (χ0n) is 13.9. The number of rotatable bonds is 9. The summed E-state index contributed by atoms with van der Waals surface area (Å²) in [6, 6.07) is 5.01. The van der Waals surface area contributed by atoms with Gasteiger partial charge in [-0.25, -0.2) is 4.98 Å². The van der Waals surface area contributed by atoms with Crippen LogP contribution in [0.1, 0.15) is 50.3 Å². The van der Waals surface area contributed by atoms with E-state index in [2.05, 4.69) is 55.3 Å². The van der Waals surface area contributed by atoms with Crippen LogP contribution in [-0.4, -0.2) is 43.2 Å². The lowest BCUT2D eigenvalue weighted by atomic mass is 10.1.